The highest BCUT2D eigenvalue weighted by Crippen LogP contribution is 2.38. The summed E-state index contributed by atoms with van der Waals surface area (Å²) in [4.78, 5) is 14.0. The zero-order chi connectivity index (χ0) is 19.3. The molecule has 0 fully saturated rings. The lowest BCUT2D eigenvalue weighted by molar-refractivity contribution is -0.0328. The smallest absolute Gasteiger partial charge is 0.400 e. The van der Waals surface area contributed by atoms with Crippen molar-refractivity contribution in [2.45, 2.75) is 22.2 Å². The van der Waals surface area contributed by atoms with E-state index in [1.54, 1.807) is 29.6 Å². The Balaban J connectivity index is 0.00000117. The van der Waals surface area contributed by atoms with Gasteiger partial charge >= 0.3 is 5.51 Å². The summed E-state index contributed by atoms with van der Waals surface area (Å²) in [6.07, 6.45) is 2.89. The number of aliphatic hydroxyl groups excluding tert-OH is 1. The molecule has 0 radical (unpaired) electrons. The molecule has 5 nitrogen and oxygen atoms in total. The lowest BCUT2D eigenvalue weighted by Gasteiger charge is -2.06. The first kappa shape index (κ1) is 20.5. The van der Waals surface area contributed by atoms with Crippen LogP contribution in [0.2, 0.25) is 0 Å². The second kappa shape index (κ2) is 8.74. The molecule has 0 unspecified atom stereocenters. The number of thioether (sulfide) groups is 2. The molecule has 0 aliphatic rings. The van der Waals surface area contributed by atoms with Crippen molar-refractivity contribution in [3.05, 3.63) is 30.6 Å². The van der Waals surface area contributed by atoms with E-state index in [2.05, 4.69) is 15.0 Å². The molecule has 0 amide bonds. The zero-order valence-corrected chi connectivity index (χ0v) is 15.9. The summed E-state index contributed by atoms with van der Waals surface area (Å²) in [5.41, 5.74) is -2.71. The van der Waals surface area contributed by atoms with Gasteiger partial charge in [-0.15, -0.1) is 11.8 Å². The lowest BCUT2D eigenvalue weighted by atomic mass is 10.3. The number of aryl methyl sites for hydroxylation is 1. The number of imidazole rings is 1. The number of nitrogens with zero attached hydrogens (tertiary/aromatic N) is 4. The van der Waals surface area contributed by atoms with Gasteiger partial charge in [-0.05, 0) is 35.7 Å². The molecule has 0 bridgehead atoms. The molecule has 0 aliphatic carbocycles. The average molecular weight is 402 g/mol. The minimum Gasteiger partial charge on any atom is -0.400 e. The van der Waals surface area contributed by atoms with E-state index in [-0.39, 0.29) is 16.7 Å². The van der Waals surface area contributed by atoms with E-state index in [0.29, 0.717) is 22.7 Å². The van der Waals surface area contributed by atoms with Crippen LogP contribution < -0.4 is 0 Å². The van der Waals surface area contributed by atoms with Crippen LogP contribution in [-0.2, 0) is 7.05 Å². The minimum absolute atomic E-state index is 0.0174. The quantitative estimate of drug-likeness (QED) is 0.654. The highest BCUT2D eigenvalue weighted by molar-refractivity contribution is 8.00. The SMILES string of the molecule is CCSc1cccnc1-c1nc2cc(SC(F)(F)F)cnc2n1C.CO. The van der Waals surface area contributed by atoms with E-state index >= 15 is 0 Å². The highest BCUT2D eigenvalue weighted by atomic mass is 32.2. The van der Waals surface area contributed by atoms with Crippen LogP contribution in [0, 0.1) is 0 Å². The van der Waals surface area contributed by atoms with Gasteiger partial charge in [-0.2, -0.15) is 13.2 Å². The maximum Gasteiger partial charge on any atom is 0.446 e. The van der Waals surface area contributed by atoms with Gasteiger partial charge in [0.05, 0.1) is 0 Å². The summed E-state index contributed by atoms with van der Waals surface area (Å²) in [5, 5.41) is 7.00. The van der Waals surface area contributed by atoms with E-state index in [9.17, 15) is 13.2 Å². The summed E-state index contributed by atoms with van der Waals surface area (Å²) in [5.74, 6) is 1.47. The van der Waals surface area contributed by atoms with Crippen molar-refractivity contribution in [2.75, 3.05) is 12.9 Å². The van der Waals surface area contributed by atoms with Gasteiger partial charge in [0, 0.05) is 36.3 Å². The second-order valence-corrected chi connectivity index (χ2v) is 7.28. The molecule has 0 saturated heterocycles. The molecule has 0 atom stereocenters. The number of pyridine rings is 2. The summed E-state index contributed by atoms with van der Waals surface area (Å²) in [6, 6.07) is 5.20. The van der Waals surface area contributed by atoms with Gasteiger partial charge in [0.2, 0.25) is 0 Å². The Hall–Kier alpha value is -1.78. The topological polar surface area (TPSA) is 63.8 Å². The van der Waals surface area contributed by atoms with Crippen molar-refractivity contribution >= 4 is 34.7 Å². The molecule has 3 aromatic heterocycles. The molecular formula is C16H17F3N4OS2. The van der Waals surface area contributed by atoms with Gasteiger partial charge in [-0.25, -0.2) is 9.97 Å². The van der Waals surface area contributed by atoms with E-state index in [1.165, 1.54) is 12.3 Å². The minimum atomic E-state index is -4.35. The van der Waals surface area contributed by atoms with Crippen molar-refractivity contribution in [2.24, 2.45) is 7.05 Å². The lowest BCUT2D eigenvalue weighted by Crippen LogP contribution is -1.99. The summed E-state index contributed by atoms with van der Waals surface area (Å²) < 4.78 is 39.3. The maximum atomic E-state index is 12.5. The third kappa shape index (κ3) is 4.68. The van der Waals surface area contributed by atoms with Crippen molar-refractivity contribution in [3.63, 3.8) is 0 Å². The third-order valence-corrected chi connectivity index (χ3v) is 4.82. The van der Waals surface area contributed by atoms with Crippen LogP contribution >= 0.6 is 23.5 Å². The molecule has 0 aromatic carbocycles. The number of alkyl halides is 3. The van der Waals surface area contributed by atoms with Crippen LogP contribution in [0.5, 0.6) is 0 Å². The molecule has 26 heavy (non-hydrogen) atoms. The van der Waals surface area contributed by atoms with E-state index in [4.69, 9.17) is 5.11 Å². The van der Waals surface area contributed by atoms with E-state index in [1.807, 2.05) is 19.1 Å². The van der Waals surface area contributed by atoms with Gasteiger partial charge in [0.25, 0.3) is 0 Å². The first-order valence-corrected chi connectivity index (χ1v) is 9.30. The van der Waals surface area contributed by atoms with Crippen molar-refractivity contribution < 1.29 is 18.3 Å². The number of hydrogen-bond donors (Lipinski definition) is 1. The van der Waals surface area contributed by atoms with Gasteiger partial charge in [-0.3, -0.25) is 4.98 Å². The van der Waals surface area contributed by atoms with Gasteiger partial charge in [-0.1, -0.05) is 6.92 Å². The number of fused-ring (bicyclic) bond motifs is 1. The predicted molar refractivity (Wildman–Crippen MR) is 98.2 cm³/mol. The van der Waals surface area contributed by atoms with Crippen LogP contribution in [0.15, 0.2) is 40.4 Å². The normalized spacial score (nSPS) is 11.3. The third-order valence-electron chi connectivity index (χ3n) is 3.20. The van der Waals surface area contributed by atoms with Crippen LogP contribution in [-0.4, -0.2) is 43.0 Å². The number of halogens is 3. The average Bonchev–Trinajstić information content (AvgIpc) is 2.92. The fourth-order valence-electron chi connectivity index (χ4n) is 2.29. The number of hydrogen-bond acceptors (Lipinski definition) is 6. The van der Waals surface area contributed by atoms with Gasteiger partial charge < -0.3 is 9.67 Å². The summed E-state index contributed by atoms with van der Waals surface area (Å²) >= 11 is 1.44. The standard InChI is InChI=1S/C15H13F3N4S2.CH4O/c1-3-23-11-5-4-6-19-12(11)14-21-10-7-9(24-15(16,17)18)8-20-13(10)22(14)2;1-2/h4-8H,3H2,1-2H3;2H,1H3. The monoisotopic (exact) mass is 402 g/mol. The Morgan fingerprint density at radius 1 is 1.23 bits per heavy atom. The van der Waals surface area contributed by atoms with E-state index < -0.39 is 5.51 Å². The van der Waals surface area contributed by atoms with Gasteiger partial charge in [0.15, 0.2) is 11.5 Å². The Morgan fingerprint density at radius 3 is 2.62 bits per heavy atom. The zero-order valence-electron chi connectivity index (χ0n) is 14.3. The Bertz CT molecular complexity index is 884. The molecule has 1 N–H and O–H groups in total. The molecular weight excluding hydrogens is 385 g/mol. The maximum absolute atomic E-state index is 12.5. The molecule has 0 aliphatic heterocycles. The Kier molecular flexibility index (Phi) is 6.90. The first-order valence-electron chi connectivity index (χ1n) is 7.50. The first-order chi connectivity index (χ1) is 12.4. The summed E-state index contributed by atoms with van der Waals surface area (Å²) in [7, 11) is 2.78. The number of rotatable bonds is 4. The molecule has 3 aromatic rings. The largest absolute Gasteiger partial charge is 0.446 e. The Labute approximate surface area is 157 Å². The van der Waals surface area contributed by atoms with E-state index in [0.717, 1.165) is 17.8 Å². The Morgan fingerprint density at radius 2 is 1.96 bits per heavy atom. The fraction of sp³-hybridized carbons (Fsp3) is 0.312. The number of aromatic nitrogens is 4. The van der Waals surface area contributed by atoms with Crippen LogP contribution in [0.25, 0.3) is 22.7 Å². The van der Waals surface area contributed by atoms with Crippen LogP contribution in [0.1, 0.15) is 6.92 Å². The molecule has 0 spiro atoms. The number of aliphatic hydroxyl groups is 1. The second-order valence-electron chi connectivity index (χ2n) is 4.84. The van der Waals surface area contributed by atoms with Crippen LogP contribution in [0.4, 0.5) is 13.2 Å². The molecule has 3 rings (SSSR count). The molecule has 140 valence electrons. The van der Waals surface area contributed by atoms with Crippen molar-refractivity contribution in [3.8, 4) is 11.5 Å². The predicted octanol–water partition coefficient (Wildman–Crippen LogP) is 4.36. The molecule has 3 heterocycles. The van der Waals surface area contributed by atoms with Crippen LogP contribution in [0.3, 0.4) is 0 Å². The molecule has 10 heteroatoms. The summed E-state index contributed by atoms with van der Waals surface area (Å²) in [6.45, 7) is 2.04. The van der Waals surface area contributed by atoms with Crippen molar-refractivity contribution in [1.29, 1.82) is 0 Å². The van der Waals surface area contributed by atoms with Crippen molar-refractivity contribution in [1.82, 2.24) is 19.5 Å². The highest BCUT2D eigenvalue weighted by Gasteiger charge is 2.29. The fourth-order valence-corrected chi connectivity index (χ4v) is 3.60. The molecule has 0 saturated carbocycles. The van der Waals surface area contributed by atoms with Gasteiger partial charge in [0.1, 0.15) is 11.2 Å².